The van der Waals surface area contributed by atoms with E-state index in [0.29, 0.717) is 18.5 Å². The van der Waals surface area contributed by atoms with E-state index in [9.17, 15) is 4.79 Å². The van der Waals surface area contributed by atoms with Gasteiger partial charge in [0, 0.05) is 30.0 Å². The van der Waals surface area contributed by atoms with Gasteiger partial charge in [-0.1, -0.05) is 24.3 Å². The maximum absolute atomic E-state index is 11.6. The summed E-state index contributed by atoms with van der Waals surface area (Å²) in [6.07, 6.45) is 3.90. The lowest BCUT2D eigenvalue weighted by Gasteiger charge is -2.26. The van der Waals surface area contributed by atoms with Gasteiger partial charge in [0.1, 0.15) is 0 Å². The number of rotatable bonds is 6. The van der Waals surface area contributed by atoms with Gasteiger partial charge in [-0.15, -0.1) is 0 Å². The molecule has 20 heavy (non-hydrogen) atoms. The second-order valence-electron chi connectivity index (χ2n) is 5.67. The molecule has 0 saturated heterocycles. The summed E-state index contributed by atoms with van der Waals surface area (Å²) in [6, 6.07) is 9.61. The number of benzene rings is 1. The van der Waals surface area contributed by atoms with Gasteiger partial charge in [-0.05, 0) is 36.9 Å². The molecule has 0 spiro atoms. The molecule has 108 valence electrons. The highest BCUT2D eigenvalue weighted by Gasteiger charge is 2.23. The molecule has 1 aromatic carbocycles. The Bertz CT molecular complexity index is 473. The van der Waals surface area contributed by atoms with Crippen molar-refractivity contribution in [2.45, 2.75) is 43.5 Å². The number of amides is 1. The molecule has 0 aromatic heterocycles. The van der Waals surface area contributed by atoms with Crippen molar-refractivity contribution in [3.8, 4) is 0 Å². The van der Waals surface area contributed by atoms with Crippen LogP contribution in [0.25, 0.3) is 0 Å². The van der Waals surface area contributed by atoms with E-state index in [1.807, 2.05) is 11.8 Å². The zero-order chi connectivity index (χ0) is 13.8. The lowest BCUT2D eigenvalue weighted by atomic mass is 10.0. The Balaban J connectivity index is 1.41. The highest BCUT2D eigenvalue weighted by molar-refractivity contribution is 7.98. The molecule has 0 radical (unpaired) electrons. The van der Waals surface area contributed by atoms with Crippen LogP contribution in [0.3, 0.4) is 0 Å². The number of thioether (sulfide) groups is 1. The van der Waals surface area contributed by atoms with Crippen LogP contribution < -0.4 is 10.6 Å². The molecular weight excluding hydrogens is 268 g/mol. The van der Waals surface area contributed by atoms with Gasteiger partial charge in [0.05, 0.1) is 0 Å². The molecule has 1 saturated carbocycles. The van der Waals surface area contributed by atoms with Crippen LogP contribution >= 0.6 is 11.8 Å². The van der Waals surface area contributed by atoms with Crippen molar-refractivity contribution in [3.63, 3.8) is 0 Å². The zero-order valence-electron chi connectivity index (χ0n) is 11.7. The SMILES string of the molecule is O=C(CCCNC1CSCc2ccccc21)NC1CC1. The molecule has 1 unspecified atom stereocenters. The highest BCUT2D eigenvalue weighted by Crippen LogP contribution is 2.31. The molecule has 1 aromatic rings. The fourth-order valence-electron chi connectivity index (χ4n) is 2.60. The maximum Gasteiger partial charge on any atom is 0.220 e. The van der Waals surface area contributed by atoms with E-state index in [0.717, 1.165) is 24.5 Å². The van der Waals surface area contributed by atoms with Gasteiger partial charge in [0.25, 0.3) is 0 Å². The molecule has 1 aliphatic heterocycles. The molecule has 1 fully saturated rings. The minimum absolute atomic E-state index is 0.215. The van der Waals surface area contributed by atoms with Crippen LogP contribution in [0, 0.1) is 0 Å². The van der Waals surface area contributed by atoms with E-state index in [1.165, 1.54) is 24.0 Å². The number of carbonyl (C=O) groups excluding carboxylic acids is 1. The molecule has 2 N–H and O–H groups in total. The minimum Gasteiger partial charge on any atom is -0.353 e. The summed E-state index contributed by atoms with van der Waals surface area (Å²) in [4.78, 5) is 11.6. The van der Waals surface area contributed by atoms with Gasteiger partial charge < -0.3 is 10.6 Å². The molecule has 1 heterocycles. The van der Waals surface area contributed by atoms with Gasteiger partial charge in [-0.25, -0.2) is 0 Å². The number of hydrogen-bond acceptors (Lipinski definition) is 3. The van der Waals surface area contributed by atoms with Gasteiger partial charge in [0.15, 0.2) is 0 Å². The number of carbonyl (C=O) groups is 1. The molecule has 1 amide bonds. The zero-order valence-corrected chi connectivity index (χ0v) is 12.5. The van der Waals surface area contributed by atoms with Crippen LogP contribution in [0.15, 0.2) is 24.3 Å². The Morgan fingerprint density at radius 1 is 1.30 bits per heavy atom. The Labute approximate surface area is 124 Å². The van der Waals surface area contributed by atoms with Gasteiger partial charge >= 0.3 is 0 Å². The lowest BCUT2D eigenvalue weighted by molar-refractivity contribution is -0.121. The van der Waals surface area contributed by atoms with Crippen molar-refractivity contribution in [1.29, 1.82) is 0 Å². The van der Waals surface area contributed by atoms with Crippen molar-refractivity contribution in [2.75, 3.05) is 12.3 Å². The average molecular weight is 290 g/mol. The molecular formula is C16H22N2OS. The molecule has 1 aliphatic carbocycles. The Morgan fingerprint density at radius 3 is 3.00 bits per heavy atom. The fraction of sp³-hybridized carbons (Fsp3) is 0.562. The van der Waals surface area contributed by atoms with Crippen LogP contribution in [-0.2, 0) is 10.5 Å². The number of hydrogen-bond donors (Lipinski definition) is 2. The van der Waals surface area contributed by atoms with Gasteiger partial charge in [-0.3, -0.25) is 4.79 Å². The monoisotopic (exact) mass is 290 g/mol. The second-order valence-corrected chi connectivity index (χ2v) is 6.70. The van der Waals surface area contributed by atoms with E-state index >= 15 is 0 Å². The Kier molecular flexibility index (Phi) is 4.63. The molecule has 2 aliphatic rings. The first-order chi connectivity index (χ1) is 9.83. The Hall–Kier alpha value is -1.00. The highest BCUT2D eigenvalue weighted by atomic mass is 32.2. The lowest BCUT2D eigenvalue weighted by Crippen LogP contribution is -2.29. The van der Waals surface area contributed by atoms with Crippen LogP contribution in [0.4, 0.5) is 0 Å². The van der Waals surface area contributed by atoms with Crippen LogP contribution in [0.5, 0.6) is 0 Å². The molecule has 0 bridgehead atoms. The largest absolute Gasteiger partial charge is 0.353 e. The summed E-state index contributed by atoms with van der Waals surface area (Å²) >= 11 is 1.98. The molecule has 4 heteroatoms. The summed E-state index contributed by atoms with van der Waals surface area (Å²) < 4.78 is 0. The predicted molar refractivity (Wildman–Crippen MR) is 83.7 cm³/mol. The third-order valence-electron chi connectivity index (χ3n) is 3.89. The third-order valence-corrected chi connectivity index (χ3v) is 4.97. The summed E-state index contributed by atoms with van der Waals surface area (Å²) in [5.74, 6) is 2.47. The van der Waals surface area contributed by atoms with Crippen LogP contribution in [-0.4, -0.2) is 24.2 Å². The molecule has 3 nitrogen and oxygen atoms in total. The van der Waals surface area contributed by atoms with E-state index in [2.05, 4.69) is 34.9 Å². The summed E-state index contributed by atoms with van der Waals surface area (Å²) in [5.41, 5.74) is 2.89. The van der Waals surface area contributed by atoms with E-state index in [1.54, 1.807) is 0 Å². The maximum atomic E-state index is 11.6. The predicted octanol–water partition coefficient (Wildman–Crippen LogP) is 2.62. The van der Waals surface area contributed by atoms with Crippen LogP contribution in [0.2, 0.25) is 0 Å². The number of nitrogens with one attached hydrogen (secondary N) is 2. The normalized spacial score (nSPS) is 21.3. The molecule has 1 atom stereocenters. The first kappa shape index (κ1) is 14.0. The summed E-state index contributed by atoms with van der Waals surface area (Å²) in [7, 11) is 0. The summed E-state index contributed by atoms with van der Waals surface area (Å²) in [5, 5.41) is 6.64. The van der Waals surface area contributed by atoms with E-state index in [4.69, 9.17) is 0 Å². The van der Waals surface area contributed by atoms with Crippen LogP contribution in [0.1, 0.15) is 42.9 Å². The third kappa shape index (κ3) is 3.76. The van der Waals surface area contributed by atoms with Gasteiger partial charge in [0.2, 0.25) is 5.91 Å². The minimum atomic E-state index is 0.215. The first-order valence-electron chi connectivity index (χ1n) is 7.51. The topological polar surface area (TPSA) is 41.1 Å². The van der Waals surface area contributed by atoms with Crippen molar-refractivity contribution < 1.29 is 4.79 Å². The van der Waals surface area contributed by atoms with Gasteiger partial charge in [-0.2, -0.15) is 11.8 Å². The van der Waals surface area contributed by atoms with E-state index in [-0.39, 0.29) is 5.91 Å². The Morgan fingerprint density at radius 2 is 2.15 bits per heavy atom. The van der Waals surface area contributed by atoms with Crippen molar-refractivity contribution in [2.24, 2.45) is 0 Å². The van der Waals surface area contributed by atoms with Crippen molar-refractivity contribution in [3.05, 3.63) is 35.4 Å². The average Bonchev–Trinajstić information content (AvgIpc) is 3.27. The molecule has 3 rings (SSSR count). The van der Waals surface area contributed by atoms with Crippen molar-refractivity contribution >= 4 is 17.7 Å². The quantitative estimate of drug-likeness (QED) is 0.791. The fourth-order valence-corrected chi connectivity index (χ4v) is 3.74. The first-order valence-corrected chi connectivity index (χ1v) is 8.66. The van der Waals surface area contributed by atoms with Crippen molar-refractivity contribution in [1.82, 2.24) is 10.6 Å². The second kappa shape index (κ2) is 6.64. The summed E-state index contributed by atoms with van der Waals surface area (Å²) in [6.45, 7) is 0.914. The number of fused-ring (bicyclic) bond motifs is 1. The smallest absolute Gasteiger partial charge is 0.220 e. The van der Waals surface area contributed by atoms with E-state index < -0.39 is 0 Å². The standard InChI is InChI=1S/C16H22N2OS/c19-16(18-13-7-8-13)6-3-9-17-15-11-20-10-12-4-1-2-5-14(12)15/h1-2,4-5,13,15,17H,3,6-11H2,(H,18,19).